The van der Waals surface area contributed by atoms with E-state index in [1.54, 1.807) is 23.5 Å². The summed E-state index contributed by atoms with van der Waals surface area (Å²) in [5, 5.41) is 10.0. The van der Waals surface area contributed by atoms with Gasteiger partial charge in [-0.3, -0.25) is 0 Å². The van der Waals surface area contributed by atoms with Crippen molar-refractivity contribution < 1.29 is 13.2 Å². The van der Waals surface area contributed by atoms with Crippen molar-refractivity contribution in [3.63, 3.8) is 0 Å². The number of nitrogens with one attached hydrogen (secondary N) is 1. The number of nitrogens with two attached hydrogens (primary N) is 1. The van der Waals surface area contributed by atoms with Crippen LogP contribution in [-0.4, -0.2) is 25.9 Å². The molecule has 2 amide bonds. The Balaban J connectivity index is 1.65. The normalized spacial score (nSPS) is 17.9. The second-order valence-electron chi connectivity index (χ2n) is 5.72. The number of benzene rings is 1. The van der Waals surface area contributed by atoms with Gasteiger partial charge in [0.1, 0.15) is 0 Å². The first-order chi connectivity index (χ1) is 11.4. The molecule has 2 aromatic rings. The molecule has 3 rings (SSSR count). The third-order valence-corrected chi connectivity index (χ3v) is 5.94. The number of carbonyl (C=O) groups excluding carboxylic acids is 1. The minimum absolute atomic E-state index is 0.0480. The van der Waals surface area contributed by atoms with Crippen LogP contribution in [0, 0.1) is 0 Å². The van der Waals surface area contributed by atoms with Gasteiger partial charge in [0.05, 0.1) is 10.9 Å². The summed E-state index contributed by atoms with van der Waals surface area (Å²) in [6.45, 7) is 0.988. The largest absolute Gasteiger partial charge is 0.334 e. The Morgan fingerprint density at radius 2 is 2.17 bits per heavy atom. The van der Waals surface area contributed by atoms with Gasteiger partial charge in [-0.2, -0.15) is 0 Å². The lowest BCUT2D eigenvalue weighted by Crippen LogP contribution is -2.38. The lowest BCUT2D eigenvalue weighted by molar-refractivity contribution is 0.193. The van der Waals surface area contributed by atoms with Gasteiger partial charge in [-0.15, -0.1) is 11.3 Å². The second kappa shape index (κ2) is 6.92. The summed E-state index contributed by atoms with van der Waals surface area (Å²) in [5.41, 5.74) is 0.696. The van der Waals surface area contributed by atoms with Gasteiger partial charge in [-0.05, 0) is 42.0 Å². The highest BCUT2D eigenvalue weighted by molar-refractivity contribution is 7.89. The van der Waals surface area contributed by atoms with E-state index in [4.69, 9.17) is 5.14 Å². The van der Waals surface area contributed by atoms with Crippen molar-refractivity contribution in [3.05, 3.63) is 52.2 Å². The molecule has 128 valence electrons. The van der Waals surface area contributed by atoms with E-state index in [2.05, 4.69) is 11.4 Å². The highest BCUT2D eigenvalue weighted by Crippen LogP contribution is 2.34. The number of rotatable bonds is 4. The minimum Gasteiger partial charge on any atom is -0.334 e. The standard InChI is InChI=1S/C16H19N3O3S2/c17-24(21,22)13-5-1-4-12(10-13)11-18-16(20)19-8-2-6-14(19)15-7-3-9-23-15/h1,3-5,7,9-10,14H,2,6,8,11H2,(H,18,20)(H2,17,21,22)/t14-/m0/s1. The molecule has 0 unspecified atom stereocenters. The number of primary sulfonamides is 1. The number of hydrogen-bond acceptors (Lipinski definition) is 4. The number of thiophene rings is 1. The number of urea groups is 1. The third kappa shape index (κ3) is 3.77. The maximum Gasteiger partial charge on any atom is 0.318 e. The van der Waals surface area contributed by atoms with Crippen LogP contribution in [0.15, 0.2) is 46.7 Å². The fourth-order valence-electron chi connectivity index (χ4n) is 2.90. The Morgan fingerprint density at radius 1 is 1.33 bits per heavy atom. The SMILES string of the molecule is NS(=O)(=O)c1cccc(CNC(=O)N2CCC[C@H]2c2cccs2)c1. The van der Waals surface area contributed by atoms with Crippen LogP contribution in [0.4, 0.5) is 4.79 Å². The molecule has 24 heavy (non-hydrogen) atoms. The topological polar surface area (TPSA) is 92.5 Å². The zero-order valence-electron chi connectivity index (χ0n) is 13.0. The molecule has 0 aliphatic carbocycles. The Bertz CT molecular complexity index is 819. The Labute approximate surface area is 145 Å². The summed E-state index contributed by atoms with van der Waals surface area (Å²) >= 11 is 1.66. The van der Waals surface area contributed by atoms with Crippen molar-refractivity contribution in [1.82, 2.24) is 10.2 Å². The van der Waals surface area contributed by atoms with Crippen LogP contribution in [0.25, 0.3) is 0 Å². The van der Waals surface area contributed by atoms with Crippen molar-refractivity contribution in [2.75, 3.05) is 6.54 Å². The quantitative estimate of drug-likeness (QED) is 0.871. The molecular weight excluding hydrogens is 346 g/mol. The number of carbonyl (C=O) groups is 1. The van der Waals surface area contributed by atoms with Crippen molar-refractivity contribution in [1.29, 1.82) is 0 Å². The van der Waals surface area contributed by atoms with E-state index in [1.807, 2.05) is 16.3 Å². The fourth-order valence-corrected chi connectivity index (χ4v) is 4.36. The van der Waals surface area contributed by atoms with Crippen LogP contribution < -0.4 is 10.5 Å². The molecule has 0 bridgehead atoms. The molecule has 1 aliphatic heterocycles. The number of hydrogen-bond donors (Lipinski definition) is 2. The van der Waals surface area contributed by atoms with Gasteiger partial charge < -0.3 is 10.2 Å². The van der Waals surface area contributed by atoms with Gasteiger partial charge in [0, 0.05) is 18.0 Å². The fraction of sp³-hybridized carbons (Fsp3) is 0.312. The number of likely N-dealkylation sites (tertiary alicyclic amines) is 1. The lowest BCUT2D eigenvalue weighted by Gasteiger charge is -2.24. The van der Waals surface area contributed by atoms with Crippen molar-refractivity contribution in [2.24, 2.45) is 5.14 Å². The zero-order chi connectivity index (χ0) is 17.2. The molecule has 0 spiro atoms. The molecule has 0 radical (unpaired) electrons. The Kier molecular flexibility index (Phi) is 4.88. The molecule has 1 aromatic heterocycles. The van der Waals surface area contributed by atoms with Crippen LogP contribution in [0.1, 0.15) is 29.3 Å². The maximum atomic E-state index is 12.5. The molecule has 6 nitrogen and oxygen atoms in total. The lowest BCUT2D eigenvalue weighted by atomic mass is 10.2. The summed E-state index contributed by atoms with van der Waals surface area (Å²) in [7, 11) is -3.74. The smallest absolute Gasteiger partial charge is 0.318 e. The number of amides is 2. The van der Waals surface area contributed by atoms with Crippen LogP contribution >= 0.6 is 11.3 Å². The summed E-state index contributed by atoms with van der Waals surface area (Å²) in [4.78, 5) is 15.6. The van der Waals surface area contributed by atoms with Crippen LogP contribution in [0.2, 0.25) is 0 Å². The van der Waals surface area contributed by atoms with E-state index in [0.29, 0.717) is 5.56 Å². The van der Waals surface area contributed by atoms with Crippen molar-refractivity contribution in [2.45, 2.75) is 30.3 Å². The van der Waals surface area contributed by atoms with E-state index < -0.39 is 10.0 Å². The minimum atomic E-state index is -3.74. The molecule has 8 heteroatoms. The first kappa shape index (κ1) is 16.9. The number of sulfonamides is 1. The summed E-state index contributed by atoms with van der Waals surface area (Å²) in [5.74, 6) is 0. The molecule has 2 heterocycles. The average Bonchev–Trinajstić information content (AvgIpc) is 3.22. The predicted molar refractivity (Wildman–Crippen MR) is 93.1 cm³/mol. The Hall–Kier alpha value is -1.90. The highest BCUT2D eigenvalue weighted by atomic mass is 32.2. The molecule has 3 N–H and O–H groups in total. The summed E-state index contributed by atoms with van der Waals surface area (Å²) < 4.78 is 22.8. The van der Waals surface area contributed by atoms with Crippen LogP contribution in [0.5, 0.6) is 0 Å². The van der Waals surface area contributed by atoms with Crippen molar-refractivity contribution in [3.8, 4) is 0 Å². The van der Waals surface area contributed by atoms with Gasteiger partial charge in [0.25, 0.3) is 0 Å². The van der Waals surface area contributed by atoms with Crippen LogP contribution in [0.3, 0.4) is 0 Å². The molecule has 1 aromatic carbocycles. The second-order valence-corrected chi connectivity index (χ2v) is 8.26. The summed E-state index contributed by atoms with van der Waals surface area (Å²) in [6.07, 6.45) is 1.95. The first-order valence-electron chi connectivity index (χ1n) is 7.65. The first-order valence-corrected chi connectivity index (χ1v) is 10.1. The van der Waals surface area contributed by atoms with E-state index >= 15 is 0 Å². The molecule has 1 saturated heterocycles. The average molecular weight is 365 g/mol. The number of nitrogens with zero attached hydrogens (tertiary/aromatic N) is 1. The molecular formula is C16H19N3O3S2. The van der Waals surface area contributed by atoms with E-state index in [9.17, 15) is 13.2 Å². The molecule has 1 atom stereocenters. The summed E-state index contributed by atoms with van der Waals surface area (Å²) in [6, 6.07) is 10.3. The van der Waals surface area contributed by atoms with Gasteiger partial charge in [-0.1, -0.05) is 18.2 Å². The molecule has 1 aliphatic rings. The van der Waals surface area contributed by atoms with Gasteiger partial charge in [-0.25, -0.2) is 18.4 Å². The monoisotopic (exact) mass is 365 g/mol. The Morgan fingerprint density at radius 3 is 2.88 bits per heavy atom. The van der Waals surface area contributed by atoms with E-state index in [-0.39, 0.29) is 23.5 Å². The molecule has 0 saturated carbocycles. The van der Waals surface area contributed by atoms with Crippen LogP contribution in [-0.2, 0) is 16.6 Å². The van der Waals surface area contributed by atoms with E-state index in [1.165, 1.54) is 17.0 Å². The van der Waals surface area contributed by atoms with Gasteiger partial charge in [0.2, 0.25) is 10.0 Å². The highest BCUT2D eigenvalue weighted by Gasteiger charge is 2.30. The van der Waals surface area contributed by atoms with Gasteiger partial charge in [0.15, 0.2) is 0 Å². The molecule has 1 fully saturated rings. The van der Waals surface area contributed by atoms with Crippen molar-refractivity contribution >= 4 is 27.4 Å². The third-order valence-electron chi connectivity index (χ3n) is 4.06. The zero-order valence-corrected chi connectivity index (χ0v) is 14.6. The maximum absolute atomic E-state index is 12.5. The predicted octanol–water partition coefficient (Wildman–Crippen LogP) is 2.44. The van der Waals surface area contributed by atoms with E-state index in [0.717, 1.165) is 19.4 Å². The van der Waals surface area contributed by atoms with Gasteiger partial charge >= 0.3 is 6.03 Å².